The van der Waals surface area contributed by atoms with Crippen molar-refractivity contribution in [2.24, 2.45) is 0 Å². The zero-order chi connectivity index (χ0) is 22.9. The summed E-state index contributed by atoms with van der Waals surface area (Å²) >= 11 is 0. The number of nitrogens with zero attached hydrogens (tertiary/aromatic N) is 4. The standard InChI is InChI=1S/C20H23N5O6S/c1-13(14-4-7-18-19(10-14)30-9-8-29-18)21-20(26)12-31-25-17-11-15(32(27,28)24(2)3)5-6-16(17)22-23-25/h4-7,10-11,13H,8-9,12H2,1-3H3,(H,21,26). The summed E-state index contributed by atoms with van der Waals surface area (Å²) in [6, 6.07) is 9.58. The Morgan fingerprint density at radius 2 is 1.94 bits per heavy atom. The molecule has 3 aromatic rings. The Labute approximate surface area is 184 Å². The molecule has 12 heteroatoms. The molecule has 2 aromatic carbocycles. The molecule has 1 unspecified atom stereocenters. The third-order valence-corrected chi connectivity index (χ3v) is 6.74. The lowest BCUT2D eigenvalue weighted by molar-refractivity contribution is -0.127. The molecule has 0 bridgehead atoms. The average Bonchev–Trinajstić information content (AvgIpc) is 3.19. The zero-order valence-electron chi connectivity index (χ0n) is 17.8. The molecule has 2 heterocycles. The molecule has 1 amide bonds. The molecule has 170 valence electrons. The number of carbonyl (C=O) groups is 1. The van der Waals surface area contributed by atoms with Gasteiger partial charge in [0.05, 0.1) is 10.9 Å². The van der Waals surface area contributed by atoms with E-state index in [1.54, 1.807) is 0 Å². The highest BCUT2D eigenvalue weighted by atomic mass is 32.2. The van der Waals surface area contributed by atoms with Gasteiger partial charge in [0, 0.05) is 14.1 Å². The van der Waals surface area contributed by atoms with Crippen molar-refractivity contribution < 1.29 is 27.5 Å². The molecule has 4 rings (SSSR count). The number of carbonyl (C=O) groups excluding carboxylic acids is 1. The molecule has 1 aromatic heterocycles. The van der Waals surface area contributed by atoms with Gasteiger partial charge in [0.2, 0.25) is 10.0 Å². The maximum atomic E-state index is 12.4. The highest BCUT2D eigenvalue weighted by Gasteiger charge is 2.20. The summed E-state index contributed by atoms with van der Waals surface area (Å²) in [5, 5.41) is 10.6. The Morgan fingerprint density at radius 3 is 2.69 bits per heavy atom. The molecule has 0 saturated carbocycles. The number of rotatable bonds is 7. The van der Waals surface area contributed by atoms with Crippen LogP contribution < -0.4 is 19.6 Å². The van der Waals surface area contributed by atoms with E-state index in [0.29, 0.717) is 35.7 Å². The number of nitrogens with one attached hydrogen (secondary N) is 1. The Bertz CT molecular complexity index is 1260. The number of amides is 1. The van der Waals surface area contributed by atoms with Crippen molar-refractivity contribution in [1.29, 1.82) is 0 Å². The lowest BCUT2D eigenvalue weighted by atomic mass is 10.1. The van der Waals surface area contributed by atoms with E-state index in [1.165, 1.54) is 32.3 Å². The van der Waals surface area contributed by atoms with Crippen molar-refractivity contribution in [2.75, 3.05) is 33.9 Å². The van der Waals surface area contributed by atoms with E-state index in [9.17, 15) is 13.2 Å². The smallest absolute Gasteiger partial charge is 0.261 e. The van der Waals surface area contributed by atoms with Crippen LogP contribution in [0.4, 0.5) is 0 Å². The second-order valence-electron chi connectivity index (χ2n) is 7.37. The molecular weight excluding hydrogens is 438 g/mol. The van der Waals surface area contributed by atoms with Crippen LogP contribution in [0.3, 0.4) is 0 Å². The van der Waals surface area contributed by atoms with Gasteiger partial charge in [-0.2, -0.15) is 0 Å². The van der Waals surface area contributed by atoms with Crippen LogP contribution in [0.5, 0.6) is 11.5 Å². The van der Waals surface area contributed by atoms with Crippen LogP contribution in [0.15, 0.2) is 41.3 Å². The molecule has 1 atom stereocenters. The lowest BCUT2D eigenvalue weighted by Crippen LogP contribution is -2.34. The quantitative estimate of drug-likeness (QED) is 0.547. The van der Waals surface area contributed by atoms with Gasteiger partial charge >= 0.3 is 0 Å². The Kier molecular flexibility index (Phi) is 5.89. The SMILES string of the molecule is CC(NC(=O)COn1nnc2ccc(S(=O)(=O)N(C)C)cc21)c1ccc2c(c1)OCCO2. The van der Waals surface area contributed by atoms with E-state index < -0.39 is 10.0 Å². The second-order valence-corrected chi connectivity index (χ2v) is 9.52. The van der Waals surface area contributed by atoms with E-state index in [-0.39, 0.29) is 23.5 Å². The minimum Gasteiger partial charge on any atom is -0.486 e. The molecule has 0 saturated heterocycles. The van der Waals surface area contributed by atoms with E-state index in [4.69, 9.17) is 14.3 Å². The van der Waals surface area contributed by atoms with Crippen molar-refractivity contribution in [3.8, 4) is 11.5 Å². The fraction of sp³-hybridized carbons (Fsp3) is 0.350. The number of benzene rings is 2. The number of hydrogen-bond acceptors (Lipinski definition) is 8. The van der Waals surface area contributed by atoms with Crippen molar-refractivity contribution in [1.82, 2.24) is 24.8 Å². The van der Waals surface area contributed by atoms with E-state index in [0.717, 1.165) is 14.7 Å². The van der Waals surface area contributed by atoms with Crippen LogP contribution in [-0.2, 0) is 14.8 Å². The first-order chi connectivity index (χ1) is 15.3. The third-order valence-electron chi connectivity index (χ3n) is 4.93. The number of aromatic nitrogens is 3. The monoisotopic (exact) mass is 461 g/mol. The van der Waals surface area contributed by atoms with Crippen LogP contribution in [0.2, 0.25) is 0 Å². The van der Waals surface area contributed by atoms with Gasteiger partial charge in [0.1, 0.15) is 24.2 Å². The van der Waals surface area contributed by atoms with Gasteiger partial charge in [-0.15, -0.1) is 5.10 Å². The van der Waals surface area contributed by atoms with Crippen LogP contribution in [0.1, 0.15) is 18.5 Å². The van der Waals surface area contributed by atoms with Crippen molar-refractivity contribution in [3.63, 3.8) is 0 Å². The molecule has 0 radical (unpaired) electrons. The minimum atomic E-state index is -3.64. The van der Waals surface area contributed by atoms with Gasteiger partial charge in [-0.05, 0) is 48.0 Å². The first-order valence-electron chi connectivity index (χ1n) is 9.86. The molecule has 32 heavy (non-hydrogen) atoms. The summed E-state index contributed by atoms with van der Waals surface area (Å²) in [4.78, 5) is 19.0. The summed E-state index contributed by atoms with van der Waals surface area (Å²) in [6.07, 6.45) is 0. The van der Waals surface area contributed by atoms with Crippen molar-refractivity contribution >= 4 is 27.0 Å². The van der Waals surface area contributed by atoms with Crippen molar-refractivity contribution in [3.05, 3.63) is 42.0 Å². The third kappa shape index (κ3) is 4.32. The van der Waals surface area contributed by atoms with Crippen LogP contribution in [-0.4, -0.2) is 67.7 Å². The highest BCUT2D eigenvalue weighted by Crippen LogP contribution is 2.32. The van der Waals surface area contributed by atoms with Crippen LogP contribution >= 0.6 is 0 Å². The Hall–Kier alpha value is -3.38. The predicted molar refractivity (Wildman–Crippen MR) is 114 cm³/mol. The Balaban J connectivity index is 1.42. The molecule has 1 N–H and O–H groups in total. The Morgan fingerprint density at radius 1 is 1.19 bits per heavy atom. The van der Waals surface area contributed by atoms with Crippen molar-refractivity contribution in [2.45, 2.75) is 17.9 Å². The highest BCUT2D eigenvalue weighted by molar-refractivity contribution is 7.89. The van der Waals surface area contributed by atoms with E-state index >= 15 is 0 Å². The van der Waals surface area contributed by atoms with E-state index in [1.807, 2.05) is 25.1 Å². The van der Waals surface area contributed by atoms with Gasteiger partial charge in [-0.25, -0.2) is 12.7 Å². The summed E-state index contributed by atoms with van der Waals surface area (Å²) in [5.74, 6) is 0.937. The molecule has 1 aliphatic heterocycles. The van der Waals surface area contributed by atoms with Gasteiger partial charge in [0.15, 0.2) is 18.1 Å². The lowest BCUT2D eigenvalue weighted by Gasteiger charge is -2.21. The summed E-state index contributed by atoms with van der Waals surface area (Å²) < 4.78 is 36.9. The maximum absolute atomic E-state index is 12.4. The number of hydrogen-bond donors (Lipinski definition) is 1. The van der Waals surface area contributed by atoms with Gasteiger partial charge in [0.25, 0.3) is 5.91 Å². The number of fused-ring (bicyclic) bond motifs is 2. The second kappa shape index (κ2) is 8.63. The van der Waals surface area contributed by atoms with Gasteiger partial charge in [-0.1, -0.05) is 10.9 Å². The summed E-state index contributed by atoms with van der Waals surface area (Å²) in [5.41, 5.74) is 1.63. The van der Waals surface area contributed by atoms with Gasteiger partial charge in [-0.3, -0.25) is 4.79 Å². The maximum Gasteiger partial charge on any atom is 0.261 e. The van der Waals surface area contributed by atoms with Gasteiger partial charge < -0.3 is 19.6 Å². The zero-order valence-corrected chi connectivity index (χ0v) is 18.6. The summed E-state index contributed by atoms with van der Waals surface area (Å²) in [7, 11) is -0.751. The molecule has 1 aliphatic rings. The fourth-order valence-electron chi connectivity index (χ4n) is 3.16. The normalized spacial score (nSPS) is 14.4. The van der Waals surface area contributed by atoms with Crippen LogP contribution in [0.25, 0.3) is 11.0 Å². The van der Waals surface area contributed by atoms with Crippen LogP contribution in [0, 0.1) is 0 Å². The summed E-state index contributed by atoms with van der Waals surface area (Å²) in [6.45, 7) is 2.49. The number of sulfonamides is 1. The first-order valence-corrected chi connectivity index (χ1v) is 11.3. The molecule has 11 nitrogen and oxygen atoms in total. The van der Waals surface area contributed by atoms with E-state index in [2.05, 4.69) is 15.6 Å². The molecule has 0 fully saturated rings. The molecular formula is C20H23N5O6S. The predicted octanol–water partition coefficient (Wildman–Crippen LogP) is 0.759. The topological polar surface area (TPSA) is 125 Å². The number of ether oxygens (including phenoxy) is 2. The first kappa shape index (κ1) is 21.8. The fourth-order valence-corrected chi connectivity index (χ4v) is 4.08. The largest absolute Gasteiger partial charge is 0.486 e. The molecule has 0 spiro atoms. The average molecular weight is 462 g/mol. The minimum absolute atomic E-state index is 0.0684. The molecule has 0 aliphatic carbocycles.